The fourth-order valence-electron chi connectivity index (χ4n) is 6.36. The van der Waals surface area contributed by atoms with E-state index in [1.807, 2.05) is 6.20 Å². The lowest BCUT2D eigenvalue weighted by Gasteiger charge is -2.42. The highest BCUT2D eigenvalue weighted by Crippen LogP contribution is 2.34. The summed E-state index contributed by atoms with van der Waals surface area (Å²) in [5.74, 6) is 0.761. The highest BCUT2D eigenvalue weighted by atomic mass is 16.5. The number of nitrogens with zero attached hydrogens (tertiary/aromatic N) is 2. The van der Waals surface area contributed by atoms with Crippen LogP contribution in [0.3, 0.4) is 0 Å². The molecule has 0 bridgehead atoms. The highest BCUT2D eigenvalue weighted by Gasteiger charge is 2.35. The number of pyridine rings is 1. The lowest BCUT2D eigenvalue weighted by molar-refractivity contribution is 0.0643. The van der Waals surface area contributed by atoms with Gasteiger partial charge in [0.2, 0.25) is 5.88 Å². The first kappa shape index (κ1) is 31.8. The third-order valence-electron chi connectivity index (χ3n) is 8.81. The first-order valence-electron chi connectivity index (χ1n) is 16.0. The molecule has 1 aliphatic carbocycles. The SMILES string of the molecule is CC(C)(CCC(C)(C)N[C@H]1C[C@H](Oc2cc(C(C)(C)C)ccn2)C1)Cc1ccc(N2CC[C@@H](NC(C)(C)C)C2)cc1. The number of hydrogen-bond acceptors (Lipinski definition) is 5. The van der Waals surface area contributed by atoms with E-state index in [0.29, 0.717) is 12.1 Å². The fraction of sp³-hybridized carbons (Fsp3) is 0.694. The zero-order valence-electron chi connectivity index (χ0n) is 27.7. The molecule has 4 rings (SSSR count). The van der Waals surface area contributed by atoms with Gasteiger partial charge in [-0.2, -0.15) is 0 Å². The summed E-state index contributed by atoms with van der Waals surface area (Å²) < 4.78 is 6.22. The Hall–Kier alpha value is -2.11. The van der Waals surface area contributed by atoms with Crippen molar-refractivity contribution < 1.29 is 4.74 Å². The van der Waals surface area contributed by atoms with Crippen LogP contribution in [0.4, 0.5) is 5.69 Å². The lowest BCUT2D eigenvalue weighted by atomic mass is 9.77. The Morgan fingerprint density at radius 2 is 1.54 bits per heavy atom. The first-order chi connectivity index (χ1) is 19.0. The van der Waals surface area contributed by atoms with Crippen molar-refractivity contribution in [3.63, 3.8) is 0 Å². The average Bonchev–Trinajstić information content (AvgIpc) is 3.28. The maximum absolute atomic E-state index is 6.22. The molecule has 1 aliphatic heterocycles. The van der Waals surface area contributed by atoms with Crippen LogP contribution in [-0.4, -0.2) is 47.3 Å². The smallest absolute Gasteiger partial charge is 0.213 e. The van der Waals surface area contributed by atoms with Crippen molar-refractivity contribution in [1.29, 1.82) is 0 Å². The van der Waals surface area contributed by atoms with Crippen LogP contribution >= 0.6 is 0 Å². The van der Waals surface area contributed by atoms with Gasteiger partial charge in [-0.15, -0.1) is 0 Å². The van der Waals surface area contributed by atoms with Crippen molar-refractivity contribution in [3.05, 3.63) is 53.7 Å². The van der Waals surface area contributed by atoms with Crippen molar-refractivity contribution in [2.75, 3.05) is 18.0 Å². The third-order valence-corrected chi connectivity index (χ3v) is 8.81. The normalized spacial score (nSPS) is 22.1. The summed E-state index contributed by atoms with van der Waals surface area (Å²) in [6.07, 6.45) is 8.90. The van der Waals surface area contributed by atoms with Crippen LogP contribution in [-0.2, 0) is 11.8 Å². The molecule has 2 fully saturated rings. The Balaban J connectivity index is 1.19. The number of benzene rings is 1. The minimum atomic E-state index is 0.105. The Kier molecular flexibility index (Phi) is 9.50. The molecule has 41 heavy (non-hydrogen) atoms. The number of ether oxygens (including phenoxy) is 1. The molecule has 2 aliphatic rings. The Morgan fingerprint density at radius 3 is 2.17 bits per heavy atom. The summed E-state index contributed by atoms with van der Waals surface area (Å²) in [7, 11) is 0. The lowest BCUT2D eigenvalue weighted by Crippen LogP contribution is -2.54. The highest BCUT2D eigenvalue weighted by molar-refractivity contribution is 5.49. The van der Waals surface area contributed by atoms with Gasteiger partial charge in [-0.25, -0.2) is 4.98 Å². The van der Waals surface area contributed by atoms with Gasteiger partial charge < -0.3 is 20.3 Å². The number of hydrogen-bond donors (Lipinski definition) is 2. The maximum atomic E-state index is 6.22. The molecule has 0 radical (unpaired) electrons. The predicted molar refractivity (Wildman–Crippen MR) is 174 cm³/mol. The fourth-order valence-corrected chi connectivity index (χ4v) is 6.36. The van der Waals surface area contributed by atoms with Crippen molar-refractivity contribution in [1.82, 2.24) is 15.6 Å². The molecule has 0 unspecified atom stereocenters. The second-order valence-electron chi connectivity index (χ2n) is 16.4. The molecule has 1 atom stereocenters. The molecular formula is C36H58N4O. The van der Waals surface area contributed by atoms with E-state index in [1.165, 1.54) is 29.7 Å². The molecule has 2 aromatic rings. The number of aromatic nitrogens is 1. The average molecular weight is 563 g/mol. The molecule has 0 spiro atoms. The number of anilines is 1. The quantitative estimate of drug-likeness (QED) is 0.294. The van der Waals surface area contributed by atoms with Crippen molar-refractivity contribution in [3.8, 4) is 5.88 Å². The van der Waals surface area contributed by atoms with E-state index < -0.39 is 0 Å². The molecule has 5 nitrogen and oxygen atoms in total. The molecule has 2 N–H and O–H groups in total. The van der Waals surface area contributed by atoms with Crippen molar-refractivity contribution in [2.45, 2.75) is 142 Å². The molecule has 5 heteroatoms. The number of nitrogens with one attached hydrogen (secondary N) is 2. The molecule has 1 saturated heterocycles. The van der Waals surface area contributed by atoms with E-state index in [4.69, 9.17) is 4.74 Å². The van der Waals surface area contributed by atoms with Gasteiger partial charge >= 0.3 is 0 Å². The van der Waals surface area contributed by atoms with E-state index >= 15 is 0 Å². The second-order valence-corrected chi connectivity index (χ2v) is 16.4. The molecule has 1 aromatic carbocycles. The summed E-state index contributed by atoms with van der Waals surface area (Å²) in [6, 6.07) is 14.7. The Labute approximate surface area is 251 Å². The van der Waals surface area contributed by atoms with Crippen LogP contribution in [0.25, 0.3) is 0 Å². The van der Waals surface area contributed by atoms with E-state index in [9.17, 15) is 0 Å². The summed E-state index contributed by atoms with van der Waals surface area (Å²) in [5.41, 5.74) is 4.70. The molecule has 0 amide bonds. The predicted octanol–water partition coefficient (Wildman–Crippen LogP) is 7.67. The van der Waals surface area contributed by atoms with Crippen LogP contribution in [0.5, 0.6) is 5.88 Å². The van der Waals surface area contributed by atoms with E-state index in [2.05, 4.69) is 126 Å². The van der Waals surface area contributed by atoms with Crippen LogP contribution in [0, 0.1) is 5.41 Å². The Bertz CT molecular complexity index is 1120. The van der Waals surface area contributed by atoms with Crippen LogP contribution in [0.15, 0.2) is 42.6 Å². The minimum absolute atomic E-state index is 0.105. The zero-order valence-corrected chi connectivity index (χ0v) is 27.7. The molecule has 2 heterocycles. The van der Waals surface area contributed by atoms with Gasteiger partial charge in [-0.3, -0.25) is 0 Å². The minimum Gasteiger partial charge on any atom is -0.474 e. The molecular weight excluding hydrogens is 504 g/mol. The second kappa shape index (κ2) is 12.2. The van der Waals surface area contributed by atoms with Crippen molar-refractivity contribution >= 4 is 5.69 Å². The maximum Gasteiger partial charge on any atom is 0.213 e. The number of rotatable bonds is 11. The molecule has 1 saturated carbocycles. The Morgan fingerprint density at radius 1 is 0.854 bits per heavy atom. The van der Waals surface area contributed by atoms with E-state index in [1.54, 1.807) is 0 Å². The van der Waals surface area contributed by atoms with Gasteiger partial charge in [0.25, 0.3) is 0 Å². The topological polar surface area (TPSA) is 49.4 Å². The van der Waals surface area contributed by atoms with E-state index in [0.717, 1.165) is 44.7 Å². The van der Waals surface area contributed by atoms with E-state index in [-0.39, 0.29) is 28.0 Å². The third kappa shape index (κ3) is 9.71. The zero-order chi connectivity index (χ0) is 30.1. The van der Waals surface area contributed by atoms with Gasteiger partial charge in [-0.1, -0.05) is 46.8 Å². The monoisotopic (exact) mass is 562 g/mol. The van der Waals surface area contributed by atoms with Crippen LogP contribution in [0.2, 0.25) is 0 Å². The van der Waals surface area contributed by atoms with Gasteiger partial charge in [0, 0.05) is 54.2 Å². The summed E-state index contributed by atoms with van der Waals surface area (Å²) in [5, 5.41) is 7.69. The largest absolute Gasteiger partial charge is 0.474 e. The van der Waals surface area contributed by atoms with Crippen LogP contribution < -0.4 is 20.3 Å². The standard InChI is InChI=1S/C36H58N4O/c1-33(2,3)27-15-19-37-32(21-27)41-31-22-29(23-31)39-36(9,10)18-17-35(7,8)24-26-11-13-30(14-12-26)40-20-16-28(25-40)38-34(4,5)6/h11-15,19,21,28-29,31,38-39H,16-18,20,22-25H2,1-10H3/t28-,29-,31-/m1/s1. The van der Waals surface area contributed by atoms with Gasteiger partial charge in [0.1, 0.15) is 6.10 Å². The summed E-state index contributed by atoms with van der Waals surface area (Å²) >= 11 is 0. The molecule has 228 valence electrons. The van der Waals surface area contributed by atoms with Gasteiger partial charge in [0.15, 0.2) is 0 Å². The van der Waals surface area contributed by atoms with Gasteiger partial charge in [0.05, 0.1) is 0 Å². The van der Waals surface area contributed by atoms with Gasteiger partial charge in [-0.05, 0) is 113 Å². The molecule has 1 aromatic heterocycles. The van der Waals surface area contributed by atoms with Crippen LogP contribution in [0.1, 0.15) is 112 Å². The first-order valence-corrected chi connectivity index (χ1v) is 16.0. The summed E-state index contributed by atoms with van der Waals surface area (Å²) in [4.78, 5) is 6.99. The van der Waals surface area contributed by atoms with Crippen molar-refractivity contribution in [2.24, 2.45) is 5.41 Å². The summed E-state index contributed by atoms with van der Waals surface area (Å²) in [6.45, 7) is 25.2.